The van der Waals surface area contributed by atoms with Crippen LogP contribution in [0.25, 0.3) is 10.9 Å². The number of carbonyl (C=O) groups excluding carboxylic acids is 1. The van der Waals surface area contributed by atoms with Gasteiger partial charge in [-0.1, -0.05) is 35.9 Å². The molecule has 0 aliphatic carbocycles. The van der Waals surface area contributed by atoms with Crippen LogP contribution in [-0.4, -0.2) is 17.0 Å². The van der Waals surface area contributed by atoms with Crippen molar-refractivity contribution in [1.29, 1.82) is 0 Å². The number of nitrogens with zero attached hydrogens (tertiary/aromatic N) is 1. The Morgan fingerprint density at radius 2 is 1.69 bits per heavy atom. The summed E-state index contributed by atoms with van der Waals surface area (Å²) < 4.78 is 1.56. The molecule has 1 heterocycles. The van der Waals surface area contributed by atoms with Crippen LogP contribution in [0.2, 0.25) is 0 Å². The van der Waals surface area contributed by atoms with E-state index in [1.54, 1.807) is 11.6 Å². The summed E-state index contributed by atoms with van der Waals surface area (Å²) in [5, 5.41) is 3.76. The predicted octanol–water partition coefficient (Wildman–Crippen LogP) is 3.44. The summed E-state index contributed by atoms with van der Waals surface area (Å²) in [5.74, 6) is -0.207. The molecule has 4 nitrogen and oxygen atoms in total. The Balaban J connectivity index is 1.81. The first-order chi connectivity index (χ1) is 12.4. The van der Waals surface area contributed by atoms with Crippen molar-refractivity contribution in [3.8, 4) is 0 Å². The van der Waals surface area contributed by atoms with Crippen LogP contribution in [0, 0.1) is 20.8 Å². The maximum atomic E-state index is 12.7. The molecule has 0 bridgehead atoms. The highest BCUT2D eigenvalue weighted by Gasteiger charge is 2.13. The Kier molecular flexibility index (Phi) is 4.94. The van der Waals surface area contributed by atoms with Crippen molar-refractivity contribution < 1.29 is 4.79 Å². The SMILES string of the molecule is Cc1cc(C)c(CCNC(=O)c2cc(=O)n(C)c3ccccc23)c(C)c1. The zero-order chi connectivity index (χ0) is 18.8. The summed E-state index contributed by atoms with van der Waals surface area (Å²) in [7, 11) is 1.72. The zero-order valence-electron chi connectivity index (χ0n) is 15.7. The lowest BCUT2D eigenvalue weighted by Crippen LogP contribution is -2.28. The Hall–Kier alpha value is -2.88. The van der Waals surface area contributed by atoms with E-state index in [9.17, 15) is 9.59 Å². The second-order valence-electron chi connectivity index (χ2n) is 6.86. The molecule has 3 rings (SSSR count). The fraction of sp³-hybridized carbons (Fsp3) is 0.273. The Labute approximate surface area is 153 Å². The maximum absolute atomic E-state index is 12.7. The van der Waals surface area contributed by atoms with Gasteiger partial charge in [-0.3, -0.25) is 9.59 Å². The molecule has 1 aromatic heterocycles. The van der Waals surface area contributed by atoms with Gasteiger partial charge in [-0.05, 0) is 49.9 Å². The Bertz CT molecular complexity index is 1020. The van der Waals surface area contributed by atoms with Crippen molar-refractivity contribution in [3.63, 3.8) is 0 Å². The molecule has 26 heavy (non-hydrogen) atoms. The van der Waals surface area contributed by atoms with Crippen molar-refractivity contribution >= 4 is 16.8 Å². The number of benzene rings is 2. The third-order valence-electron chi connectivity index (χ3n) is 4.90. The fourth-order valence-corrected chi connectivity index (χ4v) is 3.60. The third-order valence-corrected chi connectivity index (χ3v) is 4.90. The summed E-state index contributed by atoms with van der Waals surface area (Å²) >= 11 is 0. The van der Waals surface area contributed by atoms with Gasteiger partial charge in [-0.25, -0.2) is 0 Å². The lowest BCUT2D eigenvalue weighted by molar-refractivity contribution is 0.0955. The molecule has 3 aromatic rings. The van der Waals surface area contributed by atoms with Crippen LogP contribution in [0.4, 0.5) is 0 Å². The topological polar surface area (TPSA) is 51.1 Å². The van der Waals surface area contributed by atoms with Crippen molar-refractivity contribution in [1.82, 2.24) is 9.88 Å². The first kappa shape index (κ1) is 17.9. The highest BCUT2D eigenvalue weighted by atomic mass is 16.2. The maximum Gasteiger partial charge on any atom is 0.252 e. The molecule has 0 atom stereocenters. The van der Waals surface area contributed by atoms with E-state index >= 15 is 0 Å². The van der Waals surface area contributed by atoms with Gasteiger partial charge in [-0.2, -0.15) is 0 Å². The van der Waals surface area contributed by atoms with Crippen molar-refractivity contribution in [2.75, 3.05) is 6.54 Å². The summed E-state index contributed by atoms with van der Waals surface area (Å²) in [6.45, 7) is 6.83. The minimum atomic E-state index is -0.207. The Morgan fingerprint density at radius 3 is 2.38 bits per heavy atom. The number of aryl methyl sites for hydroxylation is 4. The number of amides is 1. The number of para-hydroxylation sites is 1. The largest absolute Gasteiger partial charge is 0.352 e. The molecule has 0 spiro atoms. The average molecular weight is 348 g/mol. The number of rotatable bonds is 4. The van der Waals surface area contributed by atoms with Crippen molar-refractivity contribution in [3.05, 3.63) is 80.6 Å². The number of fused-ring (bicyclic) bond motifs is 1. The van der Waals surface area contributed by atoms with Gasteiger partial charge in [0.2, 0.25) is 0 Å². The van der Waals surface area contributed by atoms with E-state index in [-0.39, 0.29) is 11.5 Å². The molecule has 0 saturated carbocycles. The summed E-state index contributed by atoms with van der Waals surface area (Å²) in [6.07, 6.45) is 0.770. The van der Waals surface area contributed by atoms with Gasteiger partial charge in [0.05, 0.1) is 11.1 Å². The number of aromatic nitrogens is 1. The van der Waals surface area contributed by atoms with Gasteiger partial charge in [0.1, 0.15) is 0 Å². The van der Waals surface area contributed by atoms with Crippen LogP contribution in [0.3, 0.4) is 0 Å². The van der Waals surface area contributed by atoms with Gasteiger partial charge in [0.25, 0.3) is 11.5 Å². The third kappa shape index (κ3) is 3.40. The molecule has 0 unspecified atom stereocenters. The van der Waals surface area contributed by atoms with Gasteiger partial charge in [-0.15, -0.1) is 0 Å². The molecular formula is C22H24N2O2. The van der Waals surface area contributed by atoms with Gasteiger partial charge in [0, 0.05) is 25.0 Å². The molecule has 134 valence electrons. The predicted molar refractivity (Wildman–Crippen MR) is 106 cm³/mol. The van der Waals surface area contributed by atoms with E-state index in [1.165, 1.54) is 28.3 Å². The van der Waals surface area contributed by atoms with Gasteiger partial charge >= 0.3 is 0 Å². The zero-order valence-corrected chi connectivity index (χ0v) is 15.7. The molecule has 0 aliphatic rings. The smallest absolute Gasteiger partial charge is 0.252 e. The molecule has 2 aromatic carbocycles. The van der Waals surface area contributed by atoms with Crippen LogP contribution >= 0.6 is 0 Å². The lowest BCUT2D eigenvalue weighted by atomic mass is 9.97. The van der Waals surface area contributed by atoms with Crippen molar-refractivity contribution in [2.24, 2.45) is 7.05 Å². The summed E-state index contributed by atoms with van der Waals surface area (Å²) in [6, 6.07) is 13.2. The normalized spacial score (nSPS) is 10.9. The molecule has 0 saturated heterocycles. The summed E-state index contributed by atoms with van der Waals surface area (Å²) in [4.78, 5) is 24.8. The highest BCUT2D eigenvalue weighted by molar-refractivity contribution is 6.06. The van der Waals surface area contributed by atoms with E-state index in [0.717, 1.165) is 17.3 Å². The van der Waals surface area contributed by atoms with Crippen LogP contribution < -0.4 is 10.9 Å². The highest BCUT2D eigenvalue weighted by Crippen LogP contribution is 2.18. The first-order valence-electron chi connectivity index (χ1n) is 8.82. The second kappa shape index (κ2) is 7.16. The van der Waals surface area contributed by atoms with Crippen LogP contribution in [0.1, 0.15) is 32.6 Å². The van der Waals surface area contributed by atoms with Crippen LogP contribution in [0.5, 0.6) is 0 Å². The van der Waals surface area contributed by atoms with Gasteiger partial charge in [0.15, 0.2) is 0 Å². The van der Waals surface area contributed by atoms with Crippen LogP contribution in [0.15, 0.2) is 47.3 Å². The number of carbonyl (C=O) groups is 1. The number of hydrogen-bond acceptors (Lipinski definition) is 2. The minimum Gasteiger partial charge on any atom is -0.352 e. The first-order valence-corrected chi connectivity index (χ1v) is 8.82. The number of nitrogens with one attached hydrogen (secondary N) is 1. The van der Waals surface area contributed by atoms with E-state index < -0.39 is 0 Å². The fourth-order valence-electron chi connectivity index (χ4n) is 3.60. The van der Waals surface area contributed by atoms with E-state index in [0.29, 0.717) is 12.1 Å². The number of hydrogen-bond donors (Lipinski definition) is 1. The molecular weight excluding hydrogens is 324 g/mol. The molecule has 0 radical (unpaired) electrons. The van der Waals surface area contributed by atoms with E-state index in [1.807, 2.05) is 24.3 Å². The molecule has 1 amide bonds. The van der Waals surface area contributed by atoms with Crippen LogP contribution in [-0.2, 0) is 13.5 Å². The lowest BCUT2D eigenvalue weighted by Gasteiger charge is -2.13. The molecule has 1 N–H and O–H groups in total. The average Bonchev–Trinajstić information content (AvgIpc) is 2.60. The summed E-state index contributed by atoms with van der Waals surface area (Å²) in [5.41, 5.74) is 6.02. The van der Waals surface area contributed by atoms with Crippen molar-refractivity contribution in [2.45, 2.75) is 27.2 Å². The standard InChI is InChI=1S/C22H24N2O2/c1-14-11-15(2)17(16(3)12-14)9-10-23-22(26)19-13-21(25)24(4)20-8-6-5-7-18(19)20/h5-8,11-13H,9-10H2,1-4H3,(H,23,26). The molecule has 4 heteroatoms. The Morgan fingerprint density at radius 1 is 1.04 bits per heavy atom. The quantitative estimate of drug-likeness (QED) is 0.785. The van der Waals surface area contributed by atoms with E-state index in [2.05, 4.69) is 38.2 Å². The second-order valence-corrected chi connectivity index (χ2v) is 6.86. The molecule has 0 aliphatic heterocycles. The monoisotopic (exact) mass is 348 g/mol. The van der Waals surface area contributed by atoms with Gasteiger partial charge < -0.3 is 9.88 Å². The number of pyridine rings is 1. The molecule has 0 fully saturated rings. The van der Waals surface area contributed by atoms with E-state index in [4.69, 9.17) is 0 Å². The minimum absolute atomic E-state index is 0.181.